The standard InChI is InChI=1S/C14H21BrN2O/c1-3-11-14(15)12(17(4-2)16-11)6-5-7-13(18)10-8-9-10/h10H,3-9H2,1-2H3. The number of aromatic nitrogens is 2. The number of aryl methyl sites for hydroxylation is 2. The Hall–Kier alpha value is -0.640. The summed E-state index contributed by atoms with van der Waals surface area (Å²) < 4.78 is 3.20. The Morgan fingerprint density at radius 1 is 1.44 bits per heavy atom. The zero-order chi connectivity index (χ0) is 13.1. The lowest BCUT2D eigenvalue weighted by Crippen LogP contribution is -2.05. The van der Waals surface area contributed by atoms with Crippen LogP contribution >= 0.6 is 15.9 Å². The van der Waals surface area contributed by atoms with E-state index in [1.54, 1.807) is 0 Å². The van der Waals surface area contributed by atoms with E-state index in [9.17, 15) is 4.79 Å². The fourth-order valence-corrected chi connectivity index (χ4v) is 3.06. The number of ketones is 1. The quantitative estimate of drug-likeness (QED) is 0.772. The lowest BCUT2D eigenvalue weighted by atomic mass is 10.1. The number of hydrogen-bond donors (Lipinski definition) is 0. The molecule has 0 atom stereocenters. The molecular weight excluding hydrogens is 292 g/mol. The van der Waals surface area contributed by atoms with Crippen molar-refractivity contribution in [3.8, 4) is 0 Å². The van der Waals surface area contributed by atoms with E-state index in [1.165, 1.54) is 5.69 Å². The monoisotopic (exact) mass is 312 g/mol. The molecule has 2 rings (SSSR count). The summed E-state index contributed by atoms with van der Waals surface area (Å²) in [6, 6.07) is 0. The van der Waals surface area contributed by atoms with E-state index in [4.69, 9.17) is 0 Å². The molecule has 1 aliphatic rings. The predicted octanol–water partition coefficient (Wildman–Crippen LogP) is 3.53. The highest BCUT2D eigenvalue weighted by atomic mass is 79.9. The van der Waals surface area contributed by atoms with Crippen molar-refractivity contribution in [1.82, 2.24) is 9.78 Å². The van der Waals surface area contributed by atoms with Crippen molar-refractivity contribution in [2.75, 3.05) is 0 Å². The summed E-state index contributed by atoms with van der Waals surface area (Å²) >= 11 is 3.64. The largest absolute Gasteiger partial charge is 0.299 e. The van der Waals surface area contributed by atoms with Crippen molar-refractivity contribution in [2.45, 2.75) is 58.9 Å². The molecule has 3 nitrogen and oxygen atoms in total. The summed E-state index contributed by atoms with van der Waals surface area (Å²) in [7, 11) is 0. The smallest absolute Gasteiger partial charge is 0.135 e. The number of Topliss-reactive ketones (excluding diaryl/α,β-unsaturated/α-hetero) is 1. The molecule has 0 radical (unpaired) electrons. The minimum Gasteiger partial charge on any atom is -0.299 e. The Morgan fingerprint density at radius 2 is 2.17 bits per heavy atom. The molecule has 1 fully saturated rings. The van der Waals surface area contributed by atoms with Crippen molar-refractivity contribution in [1.29, 1.82) is 0 Å². The molecular formula is C14H21BrN2O. The number of rotatable bonds is 7. The fraction of sp³-hybridized carbons (Fsp3) is 0.714. The highest BCUT2D eigenvalue weighted by Gasteiger charge is 2.28. The van der Waals surface area contributed by atoms with Gasteiger partial charge in [0.1, 0.15) is 5.78 Å². The molecule has 1 aliphatic carbocycles. The van der Waals surface area contributed by atoms with Crippen molar-refractivity contribution in [3.63, 3.8) is 0 Å². The highest BCUT2D eigenvalue weighted by Crippen LogP contribution is 2.31. The van der Waals surface area contributed by atoms with Gasteiger partial charge >= 0.3 is 0 Å². The molecule has 0 N–H and O–H groups in total. The second kappa shape index (κ2) is 6.00. The maximum atomic E-state index is 11.7. The van der Waals surface area contributed by atoms with Crippen LogP contribution in [-0.4, -0.2) is 15.6 Å². The van der Waals surface area contributed by atoms with E-state index in [0.717, 1.165) is 55.2 Å². The third-order valence-electron chi connectivity index (χ3n) is 3.56. The minimum atomic E-state index is 0.399. The number of halogens is 1. The second-order valence-corrected chi connectivity index (χ2v) is 5.76. The minimum absolute atomic E-state index is 0.399. The Morgan fingerprint density at radius 3 is 2.72 bits per heavy atom. The molecule has 0 amide bonds. The van der Waals surface area contributed by atoms with Gasteiger partial charge in [0.15, 0.2) is 0 Å². The van der Waals surface area contributed by atoms with Gasteiger partial charge in [-0.2, -0.15) is 5.10 Å². The van der Waals surface area contributed by atoms with Gasteiger partial charge in [0.2, 0.25) is 0 Å². The summed E-state index contributed by atoms with van der Waals surface area (Å²) in [5.41, 5.74) is 2.37. The van der Waals surface area contributed by atoms with Crippen LogP contribution in [0.1, 0.15) is 50.9 Å². The van der Waals surface area contributed by atoms with Crippen LogP contribution < -0.4 is 0 Å². The van der Waals surface area contributed by atoms with Gasteiger partial charge in [-0.05, 0) is 55.0 Å². The van der Waals surface area contributed by atoms with Crippen LogP contribution in [-0.2, 0) is 24.2 Å². The Kier molecular flexibility index (Phi) is 4.60. The molecule has 0 aromatic carbocycles. The average molecular weight is 313 g/mol. The molecule has 100 valence electrons. The van der Waals surface area contributed by atoms with Crippen LogP contribution in [0.5, 0.6) is 0 Å². The zero-order valence-corrected chi connectivity index (χ0v) is 12.8. The fourth-order valence-electron chi connectivity index (χ4n) is 2.30. The van der Waals surface area contributed by atoms with Gasteiger partial charge in [-0.15, -0.1) is 0 Å². The van der Waals surface area contributed by atoms with E-state index < -0.39 is 0 Å². The van der Waals surface area contributed by atoms with Gasteiger partial charge in [-0.3, -0.25) is 9.48 Å². The van der Waals surface area contributed by atoms with E-state index in [1.807, 2.05) is 0 Å². The van der Waals surface area contributed by atoms with Crippen molar-refractivity contribution in [3.05, 3.63) is 15.9 Å². The summed E-state index contributed by atoms with van der Waals surface area (Å²) in [6.07, 6.45) is 5.81. The van der Waals surface area contributed by atoms with Crippen LogP contribution in [0.3, 0.4) is 0 Å². The third-order valence-corrected chi connectivity index (χ3v) is 4.48. The molecule has 1 aromatic heterocycles. The molecule has 18 heavy (non-hydrogen) atoms. The number of hydrogen-bond acceptors (Lipinski definition) is 2. The molecule has 0 aliphatic heterocycles. The SMILES string of the molecule is CCc1nn(CC)c(CCCC(=O)C2CC2)c1Br. The van der Waals surface area contributed by atoms with E-state index in [0.29, 0.717) is 11.7 Å². The molecule has 0 saturated heterocycles. The van der Waals surface area contributed by atoms with Crippen LogP contribution in [0, 0.1) is 5.92 Å². The number of carbonyl (C=O) groups excluding carboxylic acids is 1. The summed E-state index contributed by atoms with van der Waals surface area (Å²) in [5.74, 6) is 0.861. The van der Waals surface area contributed by atoms with Gasteiger partial charge < -0.3 is 0 Å². The molecule has 0 unspecified atom stereocenters. The maximum Gasteiger partial charge on any atom is 0.135 e. The van der Waals surface area contributed by atoms with Gasteiger partial charge in [0.25, 0.3) is 0 Å². The topological polar surface area (TPSA) is 34.9 Å². The molecule has 0 bridgehead atoms. The zero-order valence-electron chi connectivity index (χ0n) is 11.2. The Balaban J connectivity index is 1.94. The van der Waals surface area contributed by atoms with E-state index in [2.05, 4.69) is 39.6 Å². The van der Waals surface area contributed by atoms with Gasteiger partial charge in [0.05, 0.1) is 15.9 Å². The molecule has 0 spiro atoms. The third kappa shape index (κ3) is 3.02. The molecule has 1 aromatic rings. The van der Waals surface area contributed by atoms with Crippen LogP contribution in [0.25, 0.3) is 0 Å². The van der Waals surface area contributed by atoms with Gasteiger partial charge in [0, 0.05) is 18.9 Å². The molecule has 1 saturated carbocycles. The van der Waals surface area contributed by atoms with Gasteiger partial charge in [-0.1, -0.05) is 6.92 Å². The van der Waals surface area contributed by atoms with Crippen LogP contribution in [0.15, 0.2) is 4.47 Å². The first-order chi connectivity index (χ1) is 8.67. The normalized spacial score (nSPS) is 15.1. The van der Waals surface area contributed by atoms with Crippen molar-refractivity contribution >= 4 is 21.7 Å². The van der Waals surface area contributed by atoms with Crippen LogP contribution in [0.2, 0.25) is 0 Å². The van der Waals surface area contributed by atoms with Crippen LogP contribution in [0.4, 0.5) is 0 Å². The molecule has 4 heteroatoms. The van der Waals surface area contributed by atoms with E-state index in [-0.39, 0.29) is 0 Å². The lowest BCUT2D eigenvalue weighted by molar-refractivity contribution is -0.120. The number of carbonyl (C=O) groups is 1. The first-order valence-electron chi connectivity index (χ1n) is 6.94. The summed E-state index contributed by atoms with van der Waals surface area (Å²) in [4.78, 5) is 11.7. The second-order valence-electron chi connectivity index (χ2n) is 4.97. The highest BCUT2D eigenvalue weighted by molar-refractivity contribution is 9.10. The number of nitrogens with zero attached hydrogens (tertiary/aromatic N) is 2. The first-order valence-corrected chi connectivity index (χ1v) is 7.73. The first kappa shape index (κ1) is 13.8. The Bertz CT molecular complexity index is 435. The lowest BCUT2D eigenvalue weighted by Gasteiger charge is -2.05. The van der Waals surface area contributed by atoms with Gasteiger partial charge in [-0.25, -0.2) is 0 Å². The average Bonchev–Trinajstić information content (AvgIpc) is 3.17. The predicted molar refractivity (Wildman–Crippen MR) is 75.6 cm³/mol. The van der Waals surface area contributed by atoms with Crippen molar-refractivity contribution in [2.24, 2.45) is 5.92 Å². The molecule has 1 heterocycles. The van der Waals surface area contributed by atoms with Crippen molar-refractivity contribution < 1.29 is 4.79 Å². The van der Waals surface area contributed by atoms with E-state index >= 15 is 0 Å². The maximum absolute atomic E-state index is 11.7. The summed E-state index contributed by atoms with van der Waals surface area (Å²) in [5, 5.41) is 4.58. The summed E-state index contributed by atoms with van der Waals surface area (Å²) in [6.45, 7) is 5.12. The Labute approximate surface area is 117 Å².